The summed E-state index contributed by atoms with van der Waals surface area (Å²) in [5.74, 6) is -15.8. The molecule has 0 aromatic rings. The van der Waals surface area contributed by atoms with E-state index in [0.717, 1.165) is 46.5 Å². The zero-order valence-corrected chi connectivity index (χ0v) is 56.7. The number of primary amides is 2. The van der Waals surface area contributed by atoms with Gasteiger partial charge in [-0.3, -0.25) is 67.1 Å². The number of carbonyl (C=O) groups excluding carboxylic acids is 14. The fourth-order valence-electron chi connectivity index (χ4n) is 11.6. The lowest BCUT2D eigenvalue weighted by atomic mass is 9.74. The predicted molar refractivity (Wildman–Crippen MR) is 341 cm³/mol. The van der Waals surface area contributed by atoms with Gasteiger partial charge in [0.05, 0.1) is 30.1 Å². The van der Waals surface area contributed by atoms with E-state index in [1.165, 1.54) is 18.0 Å². The number of ether oxygens (including phenoxy) is 2. The van der Waals surface area contributed by atoms with Crippen molar-refractivity contribution in [2.45, 2.75) is 262 Å². The molecule has 0 radical (unpaired) electrons. The van der Waals surface area contributed by atoms with E-state index in [0.29, 0.717) is 25.7 Å². The summed E-state index contributed by atoms with van der Waals surface area (Å²) in [4.78, 5) is 196. The third-order valence-corrected chi connectivity index (χ3v) is 17.1. The molecule has 3 heterocycles. The van der Waals surface area contributed by atoms with E-state index in [4.69, 9.17) is 32.5 Å². The molecule has 11 amide bonds. The first kappa shape index (κ1) is 79.8. The number of halogens is 1. The number of aliphatic hydroxyl groups excluding tert-OH is 3. The molecule has 31 nitrogen and oxygen atoms in total. The molecule has 95 heavy (non-hydrogen) atoms. The van der Waals surface area contributed by atoms with Gasteiger partial charge in [0, 0.05) is 43.3 Å². The Bertz CT molecular complexity index is 2910. The fraction of sp³-hybridized carbons (Fsp3) is 0.714. The van der Waals surface area contributed by atoms with Crippen LogP contribution in [0.4, 0.5) is 0 Å². The molecule has 1 spiro atoms. The number of nitrogens with zero attached hydrogens (tertiary/aromatic N) is 1. The van der Waals surface area contributed by atoms with Crippen molar-refractivity contribution in [3.63, 3.8) is 0 Å². The molecule has 0 aromatic carbocycles. The van der Waals surface area contributed by atoms with E-state index in [1.807, 2.05) is 6.92 Å². The molecule has 0 saturated carbocycles. The van der Waals surface area contributed by atoms with E-state index < -0.39 is 184 Å². The van der Waals surface area contributed by atoms with E-state index in [9.17, 15) is 77.6 Å². The molecule has 0 bridgehead atoms. The molecule has 532 valence electrons. The summed E-state index contributed by atoms with van der Waals surface area (Å²) in [5.41, 5.74) is 6.34. The van der Waals surface area contributed by atoms with Crippen molar-refractivity contribution in [1.29, 1.82) is 0 Å². The molecule has 1 aliphatic carbocycles. The van der Waals surface area contributed by atoms with Crippen LogP contribution in [0.25, 0.3) is 0 Å². The number of rotatable bonds is 24. The lowest BCUT2D eigenvalue weighted by molar-refractivity contribution is -0.174. The number of nitrogens with two attached hydrogens (primary N) is 2. The Balaban J connectivity index is 1.89. The average molecular weight is 1360 g/mol. The maximum absolute atomic E-state index is 15.0. The highest BCUT2D eigenvalue weighted by Crippen LogP contribution is 2.48. The van der Waals surface area contributed by atoms with Crippen molar-refractivity contribution in [3.05, 3.63) is 22.4 Å². The first-order chi connectivity index (χ1) is 44.5. The Labute approximate surface area is 558 Å². The summed E-state index contributed by atoms with van der Waals surface area (Å²) in [6.07, 6.45) is -1.28. The predicted octanol–water partition coefficient (Wildman–Crippen LogP) is -1.67. The second-order valence-corrected chi connectivity index (χ2v) is 26.3. The minimum Gasteiger partial charge on any atom is -0.442 e. The zero-order valence-electron chi connectivity index (χ0n) is 55.9. The van der Waals surface area contributed by atoms with Gasteiger partial charge in [0.25, 0.3) is 0 Å². The van der Waals surface area contributed by atoms with Gasteiger partial charge >= 0.3 is 5.97 Å². The number of Topliss-reactive ketones (excluding diaryl/α,β-unsaturated/α-hetero) is 2. The van der Waals surface area contributed by atoms with Crippen molar-refractivity contribution in [3.8, 4) is 0 Å². The van der Waals surface area contributed by atoms with E-state index >= 15 is 4.79 Å². The molecule has 4 aliphatic rings. The smallest absolute Gasteiger partial charge is 0.307 e. The van der Waals surface area contributed by atoms with Crippen LogP contribution in [0.15, 0.2) is 22.4 Å². The van der Waals surface area contributed by atoms with Gasteiger partial charge < -0.3 is 89.0 Å². The maximum Gasteiger partial charge on any atom is 0.307 e. The topological polar surface area (TPSA) is 482 Å². The van der Waals surface area contributed by atoms with Crippen molar-refractivity contribution in [2.75, 3.05) is 13.2 Å². The van der Waals surface area contributed by atoms with Crippen LogP contribution in [0.5, 0.6) is 0 Å². The fourth-order valence-corrected chi connectivity index (χ4v) is 12.0. The third kappa shape index (κ3) is 22.0. The highest BCUT2D eigenvalue weighted by molar-refractivity contribution is 6.49. The standard InChI is InChI=1S/C63H99ClN12O19/c1-11-13-14-15-16-17-21-37-54(86)68-38(22-18-24-76-30-36-46(51(83)63(76)23-19-25-94-63)47(64)52(84)62(10,50(36)82)95-45(81)20-12-2)55(87)74-48(34(8)77)60(92)67-33(7)53(85)70-41(28-43(65)79)57(89)72-42(29-44(66)80)58(90)71-40(27-32(5)6)59(91)75-49(35(9)78)61(93)73-39(26-31(3)4)56(88)69-37/h30-35,37-42,48-49,51,77-78,83H,11-29H2,1-10H3,(H2,65,79)(H2,66,80)(H,67,92)(H,68,86)(H,69,88)(H,70,85)(H,71,90)(H,72,89)(H,73,93)(H,74,87)(H,75,91)/t33-,34+,35+,37+,38-,39+,40+,41-,42+,48-,49-,51-,62+,63+/m0/s1. The molecule has 14 atom stereocenters. The number of aliphatic hydroxyl groups is 3. The van der Waals surface area contributed by atoms with Crippen LogP contribution in [0.1, 0.15) is 178 Å². The summed E-state index contributed by atoms with van der Waals surface area (Å²) in [7, 11) is 0. The van der Waals surface area contributed by atoms with Crippen molar-refractivity contribution in [2.24, 2.45) is 23.3 Å². The van der Waals surface area contributed by atoms with Gasteiger partial charge in [0.1, 0.15) is 60.5 Å². The van der Waals surface area contributed by atoms with Gasteiger partial charge in [0.15, 0.2) is 5.72 Å². The van der Waals surface area contributed by atoms with E-state index in [-0.39, 0.29) is 81.1 Å². The third-order valence-electron chi connectivity index (χ3n) is 16.8. The SMILES string of the molecule is CCCCCCCC[C@H]1NC(=O)[C@@H](CC(C)C)NC(=O)[C@H]([C@@H](C)O)NC(=O)[C@@H](CC(C)C)NC(=O)[C@@H](CC(N)=O)NC(=O)[C@H](CC(N)=O)NC(=O)[C@H](C)NC(=O)[C@H]([C@@H](C)O)NC(=O)[C@H](CCCN2C=C3C(=O)[C@@](C)(OC(=O)CCC)C(=O)C(Cl)=C3[C@H](O)[C@]23CCCO3)NC1=O. The van der Waals surface area contributed by atoms with Gasteiger partial charge in [-0.25, -0.2) is 0 Å². The van der Waals surface area contributed by atoms with Crippen LogP contribution in [-0.4, -0.2) is 200 Å². The van der Waals surface area contributed by atoms with Crippen LogP contribution in [-0.2, 0) is 76.6 Å². The number of nitrogens with one attached hydrogen (secondary N) is 9. The van der Waals surface area contributed by atoms with Gasteiger partial charge in [-0.15, -0.1) is 0 Å². The summed E-state index contributed by atoms with van der Waals surface area (Å²) in [6.45, 7) is 15.0. The van der Waals surface area contributed by atoms with Crippen LogP contribution in [0.2, 0.25) is 0 Å². The van der Waals surface area contributed by atoms with Gasteiger partial charge in [-0.2, -0.15) is 0 Å². The summed E-state index contributed by atoms with van der Waals surface area (Å²) in [5, 5.41) is 55.9. The molecule has 32 heteroatoms. The first-order valence-electron chi connectivity index (χ1n) is 32.7. The molecule has 0 aromatic heterocycles. The molecule has 2 fully saturated rings. The summed E-state index contributed by atoms with van der Waals surface area (Å²) < 4.78 is 11.7. The number of unbranched alkanes of at least 4 members (excludes halogenated alkanes) is 5. The Kier molecular flexibility index (Phi) is 30.7. The van der Waals surface area contributed by atoms with E-state index in [1.54, 1.807) is 34.6 Å². The van der Waals surface area contributed by atoms with Crippen LogP contribution >= 0.6 is 11.6 Å². The Morgan fingerprint density at radius 2 is 1.03 bits per heavy atom. The maximum atomic E-state index is 15.0. The Morgan fingerprint density at radius 1 is 0.600 bits per heavy atom. The summed E-state index contributed by atoms with van der Waals surface area (Å²) in [6, 6.07) is -15.3. The van der Waals surface area contributed by atoms with Gasteiger partial charge in [-0.05, 0) is 84.5 Å². The molecule has 2 saturated heterocycles. The van der Waals surface area contributed by atoms with Gasteiger partial charge in [-0.1, -0.05) is 91.7 Å². The lowest BCUT2D eigenvalue weighted by Gasteiger charge is -2.49. The minimum absolute atomic E-state index is 0.0310. The van der Waals surface area contributed by atoms with E-state index in [2.05, 4.69) is 47.9 Å². The number of ketones is 2. The highest BCUT2D eigenvalue weighted by Gasteiger charge is 2.60. The van der Waals surface area contributed by atoms with Crippen LogP contribution in [0.3, 0.4) is 0 Å². The Morgan fingerprint density at radius 3 is 1.52 bits per heavy atom. The molecular formula is C63H99ClN12O19. The van der Waals surface area contributed by atoms with Crippen molar-refractivity contribution < 1.29 is 91.9 Å². The zero-order chi connectivity index (χ0) is 71.4. The highest BCUT2D eigenvalue weighted by atomic mass is 35.5. The molecule has 3 aliphatic heterocycles. The molecule has 4 rings (SSSR count). The van der Waals surface area contributed by atoms with Crippen molar-refractivity contribution in [1.82, 2.24) is 52.8 Å². The quantitative estimate of drug-likeness (QED) is 0.0292. The number of hydrogen-bond acceptors (Lipinski definition) is 20. The second kappa shape index (κ2) is 36.5. The Hall–Kier alpha value is -7.61. The van der Waals surface area contributed by atoms with Gasteiger partial charge in [0.2, 0.25) is 82.1 Å². The average Bonchev–Trinajstić information content (AvgIpc) is 1.65. The second-order valence-electron chi connectivity index (χ2n) is 25.9. The molecular weight excluding hydrogens is 1260 g/mol. The normalized spacial score (nSPS) is 28.9. The number of fused-ring (bicyclic) bond motifs is 1. The van der Waals surface area contributed by atoms with Crippen molar-refractivity contribution >= 4 is 94.1 Å². The number of amides is 11. The largest absolute Gasteiger partial charge is 0.442 e. The molecule has 16 N–H and O–H groups in total. The lowest BCUT2D eigenvalue weighted by Crippen LogP contribution is -2.62. The monoisotopic (exact) mass is 1360 g/mol. The number of esters is 1. The minimum atomic E-state index is -2.42. The van der Waals surface area contributed by atoms with Crippen LogP contribution < -0.4 is 59.3 Å². The number of carbonyl (C=O) groups is 14. The number of hydrogen-bond donors (Lipinski definition) is 14. The molecule has 0 unspecified atom stereocenters. The van der Waals surface area contributed by atoms with Crippen LogP contribution in [0, 0.1) is 11.8 Å². The summed E-state index contributed by atoms with van der Waals surface area (Å²) >= 11 is 6.67. The first-order valence-corrected chi connectivity index (χ1v) is 33.1.